The Hall–Kier alpha value is -3.13. The largest absolute Gasteiger partial charge is 0.480 e. The third kappa shape index (κ3) is 1.82. The molecule has 2 nitrogen and oxygen atoms in total. The lowest BCUT2D eigenvalue weighted by Crippen LogP contribution is -2.31. The summed E-state index contributed by atoms with van der Waals surface area (Å²) < 4.78 is 0. The fourth-order valence-corrected chi connectivity index (χ4v) is 4.18. The zero-order valence-corrected chi connectivity index (χ0v) is 13.6. The van der Waals surface area contributed by atoms with E-state index < -0.39 is 11.4 Å². The molecule has 5 rings (SSSR count). The highest BCUT2D eigenvalue weighted by molar-refractivity contribution is 6.13. The van der Waals surface area contributed by atoms with Crippen molar-refractivity contribution >= 4 is 39.2 Å². The van der Waals surface area contributed by atoms with Gasteiger partial charge in [-0.3, -0.25) is 4.79 Å². The number of allylic oxidation sites excluding steroid dienone is 2. The minimum Gasteiger partial charge on any atom is -0.480 e. The van der Waals surface area contributed by atoms with E-state index in [0.29, 0.717) is 0 Å². The first-order chi connectivity index (χ1) is 12.2. The van der Waals surface area contributed by atoms with Crippen molar-refractivity contribution in [1.82, 2.24) is 0 Å². The van der Waals surface area contributed by atoms with E-state index in [4.69, 9.17) is 0 Å². The van der Waals surface area contributed by atoms with Crippen molar-refractivity contribution in [2.75, 3.05) is 0 Å². The molecule has 25 heavy (non-hydrogen) atoms. The monoisotopic (exact) mass is 324 g/mol. The van der Waals surface area contributed by atoms with E-state index in [2.05, 4.69) is 42.5 Å². The predicted octanol–water partition coefficient (Wildman–Crippen LogP) is 5.43. The highest BCUT2D eigenvalue weighted by Crippen LogP contribution is 2.48. The van der Waals surface area contributed by atoms with Gasteiger partial charge in [0.25, 0.3) is 0 Å². The molecular weight excluding hydrogens is 308 g/mol. The number of carboxylic acids is 1. The Balaban J connectivity index is 1.85. The lowest BCUT2D eigenvalue weighted by molar-refractivity contribution is -0.141. The fourth-order valence-electron chi connectivity index (χ4n) is 4.18. The van der Waals surface area contributed by atoms with Crippen LogP contribution in [0.5, 0.6) is 0 Å². The van der Waals surface area contributed by atoms with Gasteiger partial charge in [-0.05, 0) is 44.7 Å². The summed E-state index contributed by atoms with van der Waals surface area (Å²) in [6.45, 7) is 0. The van der Waals surface area contributed by atoms with Crippen LogP contribution in [-0.4, -0.2) is 11.1 Å². The molecule has 3 aromatic rings. The molecule has 0 bridgehead atoms. The van der Waals surface area contributed by atoms with Crippen molar-refractivity contribution in [2.45, 2.75) is 6.42 Å². The fraction of sp³-hybridized carbons (Fsp3) is 0.0870. The minimum atomic E-state index is -1.03. The minimum absolute atomic E-state index is 0.771. The van der Waals surface area contributed by atoms with Crippen LogP contribution >= 0.6 is 0 Å². The molecule has 0 spiro atoms. The van der Waals surface area contributed by atoms with Gasteiger partial charge < -0.3 is 5.11 Å². The van der Waals surface area contributed by atoms with E-state index in [0.717, 1.165) is 23.1 Å². The Bertz CT molecular complexity index is 1150. The van der Waals surface area contributed by atoms with Crippen LogP contribution in [0.15, 0.2) is 72.8 Å². The number of hydrogen-bond acceptors (Lipinski definition) is 1. The summed E-state index contributed by atoms with van der Waals surface area (Å²) in [4.78, 5) is 12.0. The number of carboxylic acid groups (broad SMARTS) is 1. The van der Waals surface area contributed by atoms with E-state index in [-0.39, 0.29) is 0 Å². The van der Waals surface area contributed by atoms with Gasteiger partial charge in [-0.2, -0.15) is 0 Å². The smallest absolute Gasteiger partial charge is 0.321 e. The van der Waals surface area contributed by atoms with Crippen LogP contribution in [0.2, 0.25) is 0 Å². The molecule has 0 aliphatic heterocycles. The molecule has 1 N–H and O–H groups in total. The first-order valence-corrected chi connectivity index (χ1v) is 8.46. The summed E-state index contributed by atoms with van der Waals surface area (Å²) >= 11 is 0. The van der Waals surface area contributed by atoms with Gasteiger partial charge in [0, 0.05) is 0 Å². The molecule has 2 aliphatic rings. The third-order valence-electron chi connectivity index (χ3n) is 5.41. The average molecular weight is 324 g/mol. The molecular formula is C23H16O2. The quantitative estimate of drug-likeness (QED) is 0.478. The summed E-state index contributed by atoms with van der Waals surface area (Å²) in [5.41, 5.74) is 1.99. The lowest BCUT2D eigenvalue weighted by atomic mass is 9.69. The molecule has 0 radical (unpaired) electrons. The van der Waals surface area contributed by atoms with Crippen LogP contribution in [0.4, 0.5) is 0 Å². The van der Waals surface area contributed by atoms with Crippen LogP contribution in [0.3, 0.4) is 0 Å². The Morgan fingerprint density at radius 1 is 0.920 bits per heavy atom. The Morgan fingerprint density at radius 2 is 1.76 bits per heavy atom. The zero-order chi connectivity index (χ0) is 17.0. The van der Waals surface area contributed by atoms with E-state index in [9.17, 15) is 9.90 Å². The summed E-state index contributed by atoms with van der Waals surface area (Å²) in [5.74, 6) is -0.824. The lowest BCUT2D eigenvalue weighted by Gasteiger charge is -2.33. The number of benzene rings is 3. The number of hydrogen-bond donors (Lipinski definition) is 1. The van der Waals surface area contributed by atoms with Gasteiger partial charge in [-0.1, -0.05) is 78.9 Å². The standard InChI is InChI=1S/C23H16O2/c24-22(25)23-13-4-3-7-21(23)20-11-10-17-16-6-2-1-5-15(16)8-9-18(17)19(20)12-14-23/h1-2,4-14H,3H2,(H,24,25). The number of aliphatic carboxylic acids is 1. The molecule has 2 aliphatic carbocycles. The van der Waals surface area contributed by atoms with E-state index in [1.165, 1.54) is 21.5 Å². The second kappa shape index (κ2) is 4.93. The first-order valence-electron chi connectivity index (χ1n) is 8.46. The number of fused-ring (bicyclic) bond motifs is 7. The maximum absolute atomic E-state index is 12.0. The topological polar surface area (TPSA) is 37.3 Å². The molecule has 0 amide bonds. The van der Waals surface area contributed by atoms with Crippen LogP contribution in [-0.2, 0) is 4.79 Å². The maximum Gasteiger partial charge on any atom is 0.321 e. The van der Waals surface area contributed by atoms with Gasteiger partial charge in [0.15, 0.2) is 0 Å². The van der Waals surface area contributed by atoms with Crippen molar-refractivity contribution in [3.8, 4) is 0 Å². The molecule has 0 saturated heterocycles. The molecule has 120 valence electrons. The van der Waals surface area contributed by atoms with E-state index >= 15 is 0 Å². The van der Waals surface area contributed by atoms with E-state index in [1.54, 1.807) is 0 Å². The zero-order valence-electron chi connectivity index (χ0n) is 13.6. The Labute approximate surface area is 145 Å². The van der Waals surface area contributed by atoms with Crippen molar-refractivity contribution in [3.63, 3.8) is 0 Å². The highest BCUT2D eigenvalue weighted by Gasteiger charge is 2.41. The Kier molecular flexibility index (Phi) is 2.81. The van der Waals surface area contributed by atoms with Crippen LogP contribution in [0.25, 0.3) is 33.2 Å². The van der Waals surface area contributed by atoms with E-state index in [1.807, 2.05) is 36.4 Å². The van der Waals surface area contributed by atoms with Crippen molar-refractivity contribution in [2.24, 2.45) is 5.41 Å². The van der Waals surface area contributed by atoms with Gasteiger partial charge >= 0.3 is 5.97 Å². The normalized spacial score (nSPS) is 21.0. The molecule has 0 saturated carbocycles. The third-order valence-corrected chi connectivity index (χ3v) is 5.41. The van der Waals surface area contributed by atoms with Crippen LogP contribution in [0, 0.1) is 5.41 Å². The molecule has 3 aromatic carbocycles. The molecule has 0 fully saturated rings. The first kappa shape index (κ1) is 14.2. The van der Waals surface area contributed by atoms with Crippen molar-refractivity contribution in [3.05, 3.63) is 84.0 Å². The summed E-state index contributed by atoms with van der Waals surface area (Å²) in [6, 6.07) is 16.9. The van der Waals surface area contributed by atoms with Crippen molar-refractivity contribution in [1.29, 1.82) is 0 Å². The van der Waals surface area contributed by atoms with Gasteiger partial charge in [0.1, 0.15) is 5.41 Å². The summed E-state index contributed by atoms with van der Waals surface area (Å²) in [5, 5.41) is 14.7. The number of carbonyl (C=O) groups is 1. The molecule has 2 heteroatoms. The molecule has 1 atom stereocenters. The summed E-state index contributed by atoms with van der Waals surface area (Å²) in [6.07, 6.45) is 10.4. The molecule has 0 heterocycles. The second-order valence-corrected chi connectivity index (χ2v) is 6.67. The molecule has 0 aromatic heterocycles. The Morgan fingerprint density at radius 3 is 2.64 bits per heavy atom. The van der Waals surface area contributed by atoms with Gasteiger partial charge in [-0.15, -0.1) is 0 Å². The van der Waals surface area contributed by atoms with Gasteiger partial charge in [-0.25, -0.2) is 0 Å². The summed E-state index contributed by atoms with van der Waals surface area (Å²) in [7, 11) is 0. The van der Waals surface area contributed by atoms with Gasteiger partial charge in [0.2, 0.25) is 0 Å². The maximum atomic E-state index is 12.0. The SMILES string of the molecule is O=C(O)C12C=CCC=C1c1ccc3c(ccc4ccccc43)c1C=C2. The van der Waals surface area contributed by atoms with Crippen molar-refractivity contribution < 1.29 is 9.90 Å². The van der Waals surface area contributed by atoms with Crippen LogP contribution < -0.4 is 0 Å². The highest BCUT2D eigenvalue weighted by atomic mass is 16.4. The molecule has 1 unspecified atom stereocenters. The van der Waals surface area contributed by atoms with Gasteiger partial charge in [0.05, 0.1) is 0 Å². The van der Waals surface area contributed by atoms with Crippen LogP contribution in [0.1, 0.15) is 17.5 Å². The predicted molar refractivity (Wildman–Crippen MR) is 102 cm³/mol. The average Bonchev–Trinajstić information content (AvgIpc) is 2.66. The second-order valence-electron chi connectivity index (χ2n) is 6.67. The number of rotatable bonds is 1.